The highest BCUT2D eigenvalue weighted by atomic mass is 35.5. The molecule has 2 heterocycles. The van der Waals surface area contributed by atoms with Crippen LogP contribution in [-0.2, 0) is 4.74 Å². The van der Waals surface area contributed by atoms with Gasteiger partial charge in [0.15, 0.2) is 11.5 Å². The molecule has 1 aromatic rings. The predicted octanol–water partition coefficient (Wildman–Crippen LogP) is 2.14. The highest BCUT2D eigenvalue weighted by Gasteiger charge is 2.28. The summed E-state index contributed by atoms with van der Waals surface area (Å²) in [5.41, 5.74) is 1.06. The molecule has 1 unspecified atom stereocenters. The third-order valence-corrected chi connectivity index (χ3v) is 2.44. The standard InChI is InChI=1S/C9H7ClO3/c10-6-1-5(8-3-11-8)2-7-9(6)13-4-12-7/h1-2,8H,3-4H2. The molecule has 68 valence electrons. The molecule has 13 heavy (non-hydrogen) atoms. The van der Waals surface area contributed by atoms with Crippen LogP contribution in [0.15, 0.2) is 12.1 Å². The summed E-state index contributed by atoms with van der Waals surface area (Å²) < 4.78 is 15.6. The number of fused-ring (bicyclic) bond motifs is 1. The van der Waals surface area contributed by atoms with Crippen LogP contribution in [0, 0.1) is 0 Å². The molecule has 0 spiro atoms. The van der Waals surface area contributed by atoms with Crippen molar-refractivity contribution in [3.63, 3.8) is 0 Å². The second-order valence-corrected chi connectivity index (χ2v) is 3.47. The number of hydrogen-bond donors (Lipinski definition) is 0. The molecule has 0 saturated carbocycles. The minimum absolute atomic E-state index is 0.201. The van der Waals surface area contributed by atoms with Gasteiger partial charge in [0.2, 0.25) is 6.79 Å². The average Bonchev–Trinajstić information content (AvgIpc) is 2.85. The molecule has 1 saturated heterocycles. The van der Waals surface area contributed by atoms with Crippen molar-refractivity contribution in [2.24, 2.45) is 0 Å². The van der Waals surface area contributed by atoms with E-state index in [1.165, 1.54) is 0 Å². The van der Waals surface area contributed by atoms with E-state index in [1.807, 2.05) is 12.1 Å². The lowest BCUT2D eigenvalue weighted by Crippen LogP contribution is -1.93. The fourth-order valence-electron chi connectivity index (χ4n) is 1.41. The quantitative estimate of drug-likeness (QED) is 0.648. The van der Waals surface area contributed by atoms with Crippen LogP contribution >= 0.6 is 11.6 Å². The van der Waals surface area contributed by atoms with Gasteiger partial charge in [-0.1, -0.05) is 11.6 Å². The first-order chi connectivity index (χ1) is 6.34. The van der Waals surface area contributed by atoms with Gasteiger partial charge < -0.3 is 14.2 Å². The molecule has 0 bridgehead atoms. The Bertz CT molecular complexity index is 360. The fourth-order valence-corrected chi connectivity index (χ4v) is 1.69. The number of hydrogen-bond acceptors (Lipinski definition) is 3. The zero-order valence-corrected chi connectivity index (χ0v) is 7.50. The molecule has 0 N–H and O–H groups in total. The molecule has 0 radical (unpaired) electrons. The van der Waals surface area contributed by atoms with E-state index in [4.69, 9.17) is 25.8 Å². The van der Waals surface area contributed by atoms with Crippen molar-refractivity contribution in [2.45, 2.75) is 6.10 Å². The van der Waals surface area contributed by atoms with E-state index >= 15 is 0 Å². The zero-order valence-electron chi connectivity index (χ0n) is 6.75. The summed E-state index contributed by atoms with van der Waals surface area (Å²) in [6, 6.07) is 3.79. The molecule has 1 atom stereocenters. The fraction of sp³-hybridized carbons (Fsp3) is 0.333. The molecule has 0 aromatic heterocycles. The van der Waals surface area contributed by atoms with Crippen molar-refractivity contribution in [2.75, 3.05) is 13.4 Å². The molecule has 3 nitrogen and oxygen atoms in total. The summed E-state index contributed by atoms with van der Waals surface area (Å²) in [6.07, 6.45) is 0.201. The lowest BCUT2D eigenvalue weighted by Gasteiger charge is -2.01. The number of benzene rings is 1. The smallest absolute Gasteiger partial charge is 0.231 e. The highest BCUT2D eigenvalue weighted by Crippen LogP contribution is 2.43. The Kier molecular flexibility index (Phi) is 1.45. The summed E-state index contributed by atoms with van der Waals surface area (Å²) in [4.78, 5) is 0. The van der Waals surface area contributed by atoms with Gasteiger partial charge >= 0.3 is 0 Å². The van der Waals surface area contributed by atoms with Crippen molar-refractivity contribution in [3.05, 3.63) is 22.7 Å². The number of halogens is 1. The highest BCUT2D eigenvalue weighted by molar-refractivity contribution is 6.32. The maximum absolute atomic E-state index is 5.99. The van der Waals surface area contributed by atoms with Crippen LogP contribution in [-0.4, -0.2) is 13.4 Å². The summed E-state index contributed by atoms with van der Waals surface area (Å²) in [5, 5.41) is 0.598. The van der Waals surface area contributed by atoms with Crippen LogP contribution in [0.5, 0.6) is 11.5 Å². The maximum Gasteiger partial charge on any atom is 0.231 e. The molecule has 3 rings (SSSR count). The number of epoxide rings is 1. The minimum atomic E-state index is 0.201. The lowest BCUT2D eigenvalue weighted by atomic mass is 10.1. The largest absolute Gasteiger partial charge is 0.454 e. The maximum atomic E-state index is 5.99. The van der Waals surface area contributed by atoms with E-state index in [9.17, 15) is 0 Å². The average molecular weight is 199 g/mol. The Morgan fingerprint density at radius 3 is 2.92 bits per heavy atom. The van der Waals surface area contributed by atoms with Crippen LogP contribution in [0.1, 0.15) is 11.7 Å². The van der Waals surface area contributed by atoms with Gasteiger partial charge in [0, 0.05) is 0 Å². The van der Waals surface area contributed by atoms with E-state index in [0.717, 1.165) is 17.9 Å². The first kappa shape index (κ1) is 7.47. The molecule has 2 aliphatic rings. The monoisotopic (exact) mass is 198 g/mol. The van der Waals surface area contributed by atoms with Crippen molar-refractivity contribution >= 4 is 11.6 Å². The third kappa shape index (κ3) is 1.16. The Morgan fingerprint density at radius 1 is 1.31 bits per heavy atom. The second-order valence-electron chi connectivity index (χ2n) is 3.06. The van der Waals surface area contributed by atoms with Crippen LogP contribution in [0.3, 0.4) is 0 Å². The third-order valence-electron chi connectivity index (χ3n) is 2.15. The second kappa shape index (κ2) is 2.53. The molecule has 0 amide bonds. The number of ether oxygens (including phenoxy) is 3. The molecular formula is C9H7ClO3. The van der Waals surface area contributed by atoms with Gasteiger partial charge in [-0.05, 0) is 17.7 Å². The molecule has 1 fully saturated rings. The summed E-state index contributed by atoms with van der Waals surface area (Å²) in [7, 11) is 0. The van der Waals surface area contributed by atoms with E-state index in [2.05, 4.69) is 0 Å². The zero-order chi connectivity index (χ0) is 8.84. The molecule has 1 aromatic carbocycles. The van der Waals surface area contributed by atoms with Crippen molar-refractivity contribution in [3.8, 4) is 11.5 Å². The van der Waals surface area contributed by atoms with E-state index in [1.54, 1.807) is 0 Å². The summed E-state index contributed by atoms with van der Waals surface area (Å²) in [5.74, 6) is 1.36. The van der Waals surface area contributed by atoms with E-state index in [-0.39, 0.29) is 12.9 Å². The molecule has 2 aliphatic heterocycles. The van der Waals surface area contributed by atoms with Crippen molar-refractivity contribution in [1.82, 2.24) is 0 Å². The van der Waals surface area contributed by atoms with Crippen molar-refractivity contribution < 1.29 is 14.2 Å². The molecule has 4 heteroatoms. The topological polar surface area (TPSA) is 31.0 Å². The first-order valence-corrected chi connectivity index (χ1v) is 4.43. The molecule has 0 aliphatic carbocycles. The summed E-state index contributed by atoms with van der Waals surface area (Å²) >= 11 is 5.99. The Labute approximate surface area is 80.2 Å². The Hall–Kier alpha value is -0.930. The van der Waals surface area contributed by atoms with Gasteiger partial charge in [-0.3, -0.25) is 0 Å². The van der Waals surface area contributed by atoms with Gasteiger partial charge in [-0.15, -0.1) is 0 Å². The van der Waals surface area contributed by atoms with E-state index in [0.29, 0.717) is 10.8 Å². The summed E-state index contributed by atoms with van der Waals surface area (Å²) in [6.45, 7) is 1.03. The van der Waals surface area contributed by atoms with Gasteiger partial charge in [-0.25, -0.2) is 0 Å². The van der Waals surface area contributed by atoms with Crippen molar-refractivity contribution in [1.29, 1.82) is 0 Å². The minimum Gasteiger partial charge on any atom is -0.454 e. The first-order valence-electron chi connectivity index (χ1n) is 4.05. The van der Waals surface area contributed by atoms with Crippen LogP contribution in [0.4, 0.5) is 0 Å². The normalized spacial score (nSPS) is 23.3. The van der Waals surface area contributed by atoms with Gasteiger partial charge in [0.1, 0.15) is 6.10 Å². The lowest BCUT2D eigenvalue weighted by molar-refractivity contribution is 0.174. The van der Waals surface area contributed by atoms with Gasteiger partial charge in [0.05, 0.1) is 11.6 Å². The van der Waals surface area contributed by atoms with Gasteiger partial charge in [-0.2, -0.15) is 0 Å². The SMILES string of the molecule is Clc1cc(C2CO2)cc2c1OCO2. The van der Waals surface area contributed by atoms with Crippen LogP contribution in [0.25, 0.3) is 0 Å². The van der Waals surface area contributed by atoms with E-state index < -0.39 is 0 Å². The Morgan fingerprint density at radius 2 is 2.15 bits per heavy atom. The van der Waals surface area contributed by atoms with Crippen LogP contribution in [0.2, 0.25) is 5.02 Å². The number of rotatable bonds is 1. The molecular weight excluding hydrogens is 192 g/mol. The van der Waals surface area contributed by atoms with Gasteiger partial charge in [0.25, 0.3) is 0 Å². The predicted molar refractivity (Wildman–Crippen MR) is 46.3 cm³/mol. The Balaban J connectivity index is 2.10. The van der Waals surface area contributed by atoms with Crippen LogP contribution < -0.4 is 9.47 Å².